The summed E-state index contributed by atoms with van der Waals surface area (Å²) in [5.74, 6) is 1.79. The van der Waals surface area contributed by atoms with E-state index in [1.807, 2.05) is 0 Å². The van der Waals surface area contributed by atoms with Crippen molar-refractivity contribution < 1.29 is 19.4 Å². The van der Waals surface area contributed by atoms with Crippen molar-refractivity contribution >= 4 is 29.3 Å². The molecule has 0 unspecified atom stereocenters. The number of Topliss-reactive ketones (excluding diaryl/α,β-unsaturated/α-hetero) is 1. The third kappa shape index (κ3) is 9.88. The fourth-order valence-electron chi connectivity index (χ4n) is 3.66. The van der Waals surface area contributed by atoms with E-state index in [4.69, 9.17) is 9.47 Å². The number of phenols is 1. The molecular weight excluding hydrogens is 436 g/mol. The topological polar surface area (TPSA) is 131 Å². The molecule has 1 aromatic heterocycles. The van der Waals surface area contributed by atoms with E-state index in [0.717, 1.165) is 24.9 Å². The molecule has 4 N–H and O–H groups in total. The van der Waals surface area contributed by atoms with Crippen molar-refractivity contribution in [3.8, 4) is 5.75 Å². The highest BCUT2D eigenvalue weighted by Crippen LogP contribution is 2.22. The van der Waals surface area contributed by atoms with Crippen LogP contribution in [0.5, 0.6) is 5.75 Å². The predicted octanol–water partition coefficient (Wildman–Crippen LogP) is 3.88. The van der Waals surface area contributed by atoms with Crippen LogP contribution >= 0.6 is 0 Å². The molecule has 10 nitrogen and oxygen atoms in total. The van der Waals surface area contributed by atoms with Gasteiger partial charge in [-0.05, 0) is 50.5 Å². The van der Waals surface area contributed by atoms with Crippen LogP contribution < -0.4 is 16.0 Å². The van der Waals surface area contributed by atoms with Crippen LogP contribution in [0.15, 0.2) is 24.3 Å². The third-order valence-corrected chi connectivity index (χ3v) is 5.42. The maximum Gasteiger partial charge on any atom is 0.233 e. The molecule has 0 amide bonds. The standard InChI is InChI=1S/C24H36N6O4/c1-18(31)6-5-14-33-16-17-34-15-13-25-22-28-23(26-19-7-3-2-4-8-19)30-24(29-22)27-20-9-11-21(32)12-10-20/h9-12,19,32H,2-8,13-17H2,1H3,(H3,25,26,27,28,29,30). The lowest BCUT2D eigenvalue weighted by Gasteiger charge is -2.23. The Labute approximate surface area is 200 Å². The van der Waals surface area contributed by atoms with Gasteiger partial charge in [0.25, 0.3) is 0 Å². The second-order valence-electron chi connectivity index (χ2n) is 8.41. The number of nitrogens with zero attached hydrogens (tertiary/aromatic N) is 3. The SMILES string of the molecule is CC(=O)CCCOCCOCCNc1nc(Nc2ccc(O)cc2)nc(NC2CCCCC2)n1. The number of nitrogens with one attached hydrogen (secondary N) is 3. The van der Waals surface area contributed by atoms with Gasteiger partial charge in [-0.2, -0.15) is 15.0 Å². The summed E-state index contributed by atoms with van der Waals surface area (Å²) in [5, 5.41) is 19.3. The van der Waals surface area contributed by atoms with Crippen molar-refractivity contribution in [2.24, 2.45) is 0 Å². The van der Waals surface area contributed by atoms with Crippen LogP contribution in [-0.4, -0.2) is 64.9 Å². The molecule has 1 aliphatic rings. The molecule has 186 valence electrons. The van der Waals surface area contributed by atoms with Crippen LogP contribution in [0.2, 0.25) is 0 Å². The predicted molar refractivity (Wildman–Crippen MR) is 132 cm³/mol. The Morgan fingerprint density at radius 2 is 1.62 bits per heavy atom. The van der Waals surface area contributed by atoms with E-state index in [-0.39, 0.29) is 11.5 Å². The first-order valence-electron chi connectivity index (χ1n) is 12.1. The Kier molecular flexibility index (Phi) is 10.8. The number of hydrogen-bond donors (Lipinski definition) is 4. The average Bonchev–Trinajstić information content (AvgIpc) is 2.82. The summed E-state index contributed by atoms with van der Waals surface area (Å²) in [4.78, 5) is 24.4. The lowest BCUT2D eigenvalue weighted by Crippen LogP contribution is -2.24. The highest BCUT2D eigenvalue weighted by Gasteiger charge is 2.16. The fourth-order valence-corrected chi connectivity index (χ4v) is 3.66. The van der Waals surface area contributed by atoms with Crippen LogP contribution in [0.25, 0.3) is 0 Å². The van der Waals surface area contributed by atoms with Gasteiger partial charge < -0.3 is 35.3 Å². The summed E-state index contributed by atoms with van der Waals surface area (Å²) in [7, 11) is 0. The van der Waals surface area contributed by atoms with Gasteiger partial charge in [0, 0.05) is 31.3 Å². The zero-order chi connectivity index (χ0) is 24.0. The molecule has 0 spiro atoms. The quantitative estimate of drug-likeness (QED) is 0.224. The van der Waals surface area contributed by atoms with E-state index in [9.17, 15) is 9.90 Å². The maximum atomic E-state index is 10.9. The first kappa shape index (κ1) is 25.6. The van der Waals surface area contributed by atoms with Crippen molar-refractivity contribution in [2.75, 3.05) is 48.9 Å². The van der Waals surface area contributed by atoms with E-state index in [1.54, 1.807) is 31.2 Å². The van der Waals surface area contributed by atoms with Gasteiger partial charge in [0.15, 0.2) is 0 Å². The average molecular weight is 473 g/mol. The van der Waals surface area contributed by atoms with Crippen molar-refractivity contribution in [1.29, 1.82) is 0 Å². The summed E-state index contributed by atoms with van der Waals surface area (Å²) >= 11 is 0. The number of phenolic OH excluding ortho intramolecular Hbond substituents is 1. The van der Waals surface area contributed by atoms with Crippen LogP contribution in [0.1, 0.15) is 51.9 Å². The molecule has 2 aromatic rings. The molecule has 1 aromatic carbocycles. The van der Waals surface area contributed by atoms with Gasteiger partial charge in [-0.3, -0.25) is 0 Å². The summed E-state index contributed by atoms with van der Waals surface area (Å²) in [6.07, 6.45) is 7.22. The summed E-state index contributed by atoms with van der Waals surface area (Å²) < 4.78 is 11.0. The number of carbonyl (C=O) groups is 1. The lowest BCUT2D eigenvalue weighted by molar-refractivity contribution is -0.117. The smallest absolute Gasteiger partial charge is 0.233 e. The molecule has 0 radical (unpaired) electrons. The lowest BCUT2D eigenvalue weighted by atomic mass is 9.96. The van der Waals surface area contributed by atoms with E-state index >= 15 is 0 Å². The van der Waals surface area contributed by atoms with E-state index in [1.165, 1.54) is 19.3 Å². The van der Waals surface area contributed by atoms with Crippen molar-refractivity contribution in [3.63, 3.8) is 0 Å². The van der Waals surface area contributed by atoms with Crippen LogP contribution in [-0.2, 0) is 14.3 Å². The number of anilines is 4. The number of aromatic nitrogens is 3. The minimum atomic E-state index is 0.183. The van der Waals surface area contributed by atoms with Gasteiger partial charge in [-0.25, -0.2) is 0 Å². The Morgan fingerprint density at radius 3 is 2.35 bits per heavy atom. The van der Waals surface area contributed by atoms with Gasteiger partial charge in [-0.15, -0.1) is 0 Å². The number of rotatable bonds is 15. The Hall–Kier alpha value is -2.98. The highest BCUT2D eigenvalue weighted by atomic mass is 16.5. The summed E-state index contributed by atoms with van der Waals surface area (Å²) in [5.41, 5.74) is 0.769. The van der Waals surface area contributed by atoms with Crippen molar-refractivity contribution in [2.45, 2.75) is 57.9 Å². The molecule has 0 aliphatic heterocycles. The molecule has 1 fully saturated rings. The summed E-state index contributed by atoms with van der Waals surface area (Å²) in [6.45, 7) is 4.16. The molecule has 0 bridgehead atoms. The van der Waals surface area contributed by atoms with Gasteiger partial charge in [0.05, 0.1) is 19.8 Å². The molecule has 3 rings (SSSR count). The van der Waals surface area contributed by atoms with Crippen molar-refractivity contribution in [3.05, 3.63) is 24.3 Å². The minimum absolute atomic E-state index is 0.183. The first-order chi connectivity index (χ1) is 16.6. The zero-order valence-electron chi connectivity index (χ0n) is 19.9. The van der Waals surface area contributed by atoms with E-state index in [2.05, 4.69) is 30.9 Å². The highest BCUT2D eigenvalue weighted by molar-refractivity contribution is 5.75. The molecule has 34 heavy (non-hydrogen) atoms. The van der Waals surface area contributed by atoms with Crippen LogP contribution in [0.3, 0.4) is 0 Å². The second kappa shape index (κ2) is 14.3. The fraction of sp³-hybridized carbons (Fsp3) is 0.583. The maximum absolute atomic E-state index is 10.9. The monoisotopic (exact) mass is 472 g/mol. The largest absolute Gasteiger partial charge is 0.508 e. The third-order valence-electron chi connectivity index (χ3n) is 5.42. The number of hydrogen-bond acceptors (Lipinski definition) is 10. The minimum Gasteiger partial charge on any atom is -0.508 e. The molecular formula is C24H36N6O4. The van der Waals surface area contributed by atoms with Crippen molar-refractivity contribution in [1.82, 2.24) is 15.0 Å². The number of ether oxygens (including phenoxy) is 2. The Morgan fingerprint density at radius 1 is 0.941 bits per heavy atom. The Balaban J connectivity index is 1.48. The van der Waals surface area contributed by atoms with E-state index in [0.29, 0.717) is 63.3 Å². The molecule has 10 heteroatoms. The number of ketones is 1. The summed E-state index contributed by atoms with van der Waals surface area (Å²) in [6, 6.07) is 7.10. The molecule has 0 atom stereocenters. The van der Waals surface area contributed by atoms with Gasteiger partial charge in [0.2, 0.25) is 17.8 Å². The molecule has 0 saturated heterocycles. The number of aromatic hydroxyl groups is 1. The second-order valence-corrected chi connectivity index (χ2v) is 8.41. The van der Waals surface area contributed by atoms with E-state index < -0.39 is 0 Å². The molecule has 1 heterocycles. The number of carbonyl (C=O) groups excluding carboxylic acids is 1. The zero-order valence-corrected chi connectivity index (χ0v) is 19.9. The van der Waals surface area contributed by atoms with Crippen LogP contribution in [0.4, 0.5) is 23.5 Å². The molecule has 1 aliphatic carbocycles. The Bertz CT molecular complexity index is 874. The van der Waals surface area contributed by atoms with Gasteiger partial charge >= 0.3 is 0 Å². The molecule has 1 saturated carbocycles. The first-order valence-corrected chi connectivity index (χ1v) is 12.1. The number of benzene rings is 1. The normalized spacial score (nSPS) is 14.0. The van der Waals surface area contributed by atoms with Gasteiger partial charge in [0.1, 0.15) is 11.5 Å². The van der Waals surface area contributed by atoms with Crippen LogP contribution in [0, 0.1) is 0 Å². The van der Waals surface area contributed by atoms with Gasteiger partial charge in [-0.1, -0.05) is 19.3 Å².